The van der Waals surface area contributed by atoms with E-state index in [9.17, 15) is 14.9 Å². The molecule has 0 spiro atoms. The Bertz CT molecular complexity index is 741. The molecule has 0 unspecified atom stereocenters. The predicted molar refractivity (Wildman–Crippen MR) is 96.8 cm³/mol. The Balaban J connectivity index is 1.40. The second-order valence-electron chi connectivity index (χ2n) is 6.27. The van der Waals surface area contributed by atoms with E-state index in [0.717, 1.165) is 39.3 Å². The van der Waals surface area contributed by atoms with E-state index in [1.165, 1.54) is 12.1 Å². The minimum Gasteiger partial charge on any atom is -0.336 e. The predicted octanol–water partition coefficient (Wildman–Crippen LogP) is 1.05. The highest BCUT2D eigenvalue weighted by atomic mass is 16.6. The van der Waals surface area contributed by atoms with Gasteiger partial charge in [-0.05, 0) is 6.07 Å². The van der Waals surface area contributed by atoms with E-state index in [-0.39, 0.29) is 18.1 Å². The molecule has 1 aromatic carbocycles. The largest absolute Gasteiger partial charge is 0.336 e. The molecule has 1 aliphatic rings. The molecule has 3 rings (SSSR count). The first-order valence-electron chi connectivity index (χ1n) is 8.55. The third-order valence-corrected chi connectivity index (χ3v) is 4.41. The maximum Gasteiger partial charge on any atom is 0.271 e. The van der Waals surface area contributed by atoms with Crippen LogP contribution in [0.25, 0.3) is 0 Å². The Labute approximate surface area is 151 Å². The number of piperazine rings is 1. The monoisotopic (exact) mass is 358 g/mol. The zero-order chi connectivity index (χ0) is 18.4. The molecule has 1 N–H and O–H groups in total. The molecule has 138 valence electrons. The molecule has 9 heteroatoms. The number of amides is 1. The van der Waals surface area contributed by atoms with Crippen LogP contribution in [0.2, 0.25) is 0 Å². The van der Waals surface area contributed by atoms with Gasteiger partial charge >= 0.3 is 0 Å². The van der Waals surface area contributed by atoms with Gasteiger partial charge in [-0.1, -0.05) is 6.07 Å². The van der Waals surface area contributed by atoms with Gasteiger partial charge in [0.25, 0.3) is 5.69 Å². The highest BCUT2D eigenvalue weighted by Gasteiger charge is 2.19. The molecule has 1 aliphatic heterocycles. The number of imidazole rings is 1. The lowest BCUT2D eigenvalue weighted by Crippen LogP contribution is -2.49. The van der Waals surface area contributed by atoms with E-state index < -0.39 is 4.92 Å². The molecule has 1 fully saturated rings. The first kappa shape index (κ1) is 18.0. The fourth-order valence-corrected chi connectivity index (χ4v) is 2.95. The van der Waals surface area contributed by atoms with Crippen molar-refractivity contribution in [1.29, 1.82) is 0 Å². The van der Waals surface area contributed by atoms with Gasteiger partial charge in [0.2, 0.25) is 5.91 Å². The Hall–Kier alpha value is -2.78. The molecule has 2 heterocycles. The molecule has 9 nitrogen and oxygen atoms in total. The number of carbonyl (C=O) groups excluding carboxylic acids is 1. The van der Waals surface area contributed by atoms with Crippen molar-refractivity contribution in [3.63, 3.8) is 0 Å². The summed E-state index contributed by atoms with van der Waals surface area (Å²) in [5.74, 6) is -0.155. The molecular formula is C17H22N6O3. The van der Waals surface area contributed by atoms with Gasteiger partial charge in [0.1, 0.15) is 0 Å². The Kier molecular flexibility index (Phi) is 5.92. The number of nitro groups is 1. The summed E-state index contributed by atoms with van der Waals surface area (Å²) >= 11 is 0. The lowest BCUT2D eigenvalue weighted by Gasteiger charge is -2.34. The number of nitro benzene ring substituents is 1. The van der Waals surface area contributed by atoms with Gasteiger partial charge in [0.05, 0.1) is 17.8 Å². The highest BCUT2D eigenvalue weighted by molar-refractivity contribution is 5.92. The summed E-state index contributed by atoms with van der Waals surface area (Å²) in [5, 5.41) is 13.5. The van der Waals surface area contributed by atoms with Crippen molar-refractivity contribution >= 4 is 17.3 Å². The van der Waals surface area contributed by atoms with Gasteiger partial charge in [0.15, 0.2) is 0 Å². The van der Waals surface area contributed by atoms with Crippen LogP contribution in [-0.2, 0) is 11.3 Å². The summed E-state index contributed by atoms with van der Waals surface area (Å²) in [6.45, 7) is 5.64. The first-order chi connectivity index (χ1) is 12.6. The molecule has 0 atom stereocenters. The number of anilines is 1. The summed E-state index contributed by atoms with van der Waals surface area (Å²) in [6.07, 6.45) is 5.54. The van der Waals surface area contributed by atoms with Crippen molar-refractivity contribution in [2.75, 3.05) is 44.6 Å². The van der Waals surface area contributed by atoms with Crippen LogP contribution in [0.5, 0.6) is 0 Å². The number of nitrogens with one attached hydrogen (secondary N) is 1. The van der Waals surface area contributed by atoms with Crippen LogP contribution in [0.4, 0.5) is 11.4 Å². The normalized spacial score (nSPS) is 15.7. The van der Waals surface area contributed by atoms with E-state index in [1.807, 2.05) is 12.5 Å². The zero-order valence-corrected chi connectivity index (χ0v) is 14.5. The maximum absolute atomic E-state index is 12.2. The van der Waals surface area contributed by atoms with Gasteiger partial charge in [0, 0.05) is 69.5 Å². The van der Waals surface area contributed by atoms with Crippen LogP contribution in [-0.4, -0.2) is 69.4 Å². The Morgan fingerprint density at radius 3 is 2.65 bits per heavy atom. The minimum atomic E-state index is -0.474. The standard InChI is InChI=1S/C17H22N6O3/c24-17(19-15-2-1-3-16(12-15)23(25)26)13-21-9-6-20(7-10-21)8-11-22-5-4-18-14-22/h1-5,12,14H,6-11,13H2,(H,19,24). The molecule has 0 bridgehead atoms. The van der Waals surface area contributed by atoms with Crippen LogP contribution in [0.3, 0.4) is 0 Å². The number of rotatable bonds is 7. The van der Waals surface area contributed by atoms with E-state index in [0.29, 0.717) is 5.69 Å². The number of non-ortho nitro benzene ring substituents is 1. The van der Waals surface area contributed by atoms with E-state index in [2.05, 4.69) is 24.7 Å². The second kappa shape index (κ2) is 8.54. The maximum atomic E-state index is 12.2. The molecule has 0 saturated carbocycles. The third-order valence-electron chi connectivity index (χ3n) is 4.41. The fraction of sp³-hybridized carbons (Fsp3) is 0.412. The van der Waals surface area contributed by atoms with E-state index in [4.69, 9.17) is 0 Å². The average Bonchev–Trinajstić information content (AvgIpc) is 3.15. The van der Waals surface area contributed by atoms with Crippen LogP contribution in [0, 0.1) is 10.1 Å². The highest BCUT2D eigenvalue weighted by Crippen LogP contribution is 2.17. The molecule has 0 radical (unpaired) electrons. The summed E-state index contributed by atoms with van der Waals surface area (Å²) in [6, 6.07) is 5.98. The SMILES string of the molecule is O=C(CN1CCN(CCn2ccnc2)CC1)Nc1cccc([N+](=O)[O-])c1. The van der Waals surface area contributed by atoms with Crippen molar-refractivity contribution < 1.29 is 9.72 Å². The summed E-state index contributed by atoms with van der Waals surface area (Å²) in [5.41, 5.74) is 0.414. The number of carbonyl (C=O) groups is 1. The summed E-state index contributed by atoms with van der Waals surface area (Å²) in [4.78, 5) is 31.0. The molecule has 1 aromatic heterocycles. The Morgan fingerprint density at radius 2 is 1.96 bits per heavy atom. The Morgan fingerprint density at radius 1 is 1.19 bits per heavy atom. The van der Waals surface area contributed by atoms with Crippen LogP contribution in [0.15, 0.2) is 43.0 Å². The van der Waals surface area contributed by atoms with E-state index >= 15 is 0 Å². The number of hydrogen-bond donors (Lipinski definition) is 1. The minimum absolute atomic E-state index is 0.0330. The number of benzene rings is 1. The molecular weight excluding hydrogens is 336 g/mol. The van der Waals surface area contributed by atoms with E-state index in [1.54, 1.807) is 18.3 Å². The van der Waals surface area contributed by atoms with Crippen LogP contribution >= 0.6 is 0 Å². The van der Waals surface area contributed by atoms with Crippen LogP contribution < -0.4 is 5.32 Å². The van der Waals surface area contributed by atoms with Crippen LogP contribution in [0.1, 0.15) is 0 Å². The third kappa shape index (κ3) is 5.11. The topological polar surface area (TPSA) is 96.5 Å². The number of nitrogens with zero attached hydrogens (tertiary/aromatic N) is 5. The summed E-state index contributed by atoms with van der Waals surface area (Å²) < 4.78 is 2.05. The van der Waals surface area contributed by atoms with Crippen molar-refractivity contribution in [3.8, 4) is 0 Å². The smallest absolute Gasteiger partial charge is 0.271 e. The van der Waals surface area contributed by atoms with Crippen molar-refractivity contribution in [3.05, 3.63) is 53.1 Å². The number of hydrogen-bond acceptors (Lipinski definition) is 6. The van der Waals surface area contributed by atoms with Crippen molar-refractivity contribution in [2.45, 2.75) is 6.54 Å². The fourth-order valence-electron chi connectivity index (χ4n) is 2.95. The first-order valence-corrected chi connectivity index (χ1v) is 8.55. The van der Waals surface area contributed by atoms with Gasteiger partial charge in [-0.2, -0.15) is 0 Å². The quantitative estimate of drug-likeness (QED) is 0.587. The number of aromatic nitrogens is 2. The second-order valence-corrected chi connectivity index (χ2v) is 6.27. The van der Waals surface area contributed by atoms with Gasteiger partial charge < -0.3 is 9.88 Å². The lowest BCUT2D eigenvalue weighted by atomic mass is 10.2. The van der Waals surface area contributed by atoms with Gasteiger partial charge in [-0.25, -0.2) is 4.98 Å². The molecule has 1 amide bonds. The summed E-state index contributed by atoms with van der Waals surface area (Å²) in [7, 11) is 0. The lowest BCUT2D eigenvalue weighted by molar-refractivity contribution is -0.384. The van der Waals surface area contributed by atoms with Crippen molar-refractivity contribution in [1.82, 2.24) is 19.4 Å². The van der Waals surface area contributed by atoms with Gasteiger partial charge in [-0.3, -0.25) is 24.7 Å². The van der Waals surface area contributed by atoms with Gasteiger partial charge in [-0.15, -0.1) is 0 Å². The molecule has 2 aromatic rings. The zero-order valence-electron chi connectivity index (χ0n) is 14.5. The average molecular weight is 358 g/mol. The molecule has 1 saturated heterocycles. The molecule has 0 aliphatic carbocycles. The van der Waals surface area contributed by atoms with Crippen molar-refractivity contribution in [2.24, 2.45) is 0 Å². The molecule has 26 heavy (non-hydrogen) atoms.